The summed E-state index contributed by atoms with van der Waals surface area (Å²) in [6.07, 6.45) is 3.44. The normalized spacial score (nSPS) is 16.7. The summed E-state index contributed by atoms with van der Waals surface area (Å²) < 4.78 is 5.30. The molecular weight excluding hydrogens is 354 g/mol. The molecule has 0 radical (unpaired) electrons. The highest BCUT2D eigenvalue weighted by atomic mass is 35.5. The molecule has 0 spiro atoms. The van der Waals surface area contributed by atoms with E-state index in [0.717, 1.165) is 38.5 Å². The van der Waals surface area contributed by atoms with Crippen LogP contribution in [0.2, 0.25) is 5.02 Å². The minimum atomic E-state index is 0.678. The number of fused-ring (bicyclic) bond motifs is 3. The van der Waals surface area contributed by atoms with E-state index in [1.165, 1.54) is 6.08 Å². The molecule has 0 N–H and O–H groups in total. The van der Waals surface area contributed by atoms with Gasteiger partial charge in [-0.05, 0) is 48.2 Å². The molecule has 6 heteroatoms. The number of thioether (sulfide) groups is 1. The molecule has 4 nitrogen and oxygen atoms in total. The highest BCUT2D eigenvalue weighted by Gasteiger charge is 2.32. The van der Waals surface area contributed by atoms with Crippen LogP contribution in [0, 0.1) is 11.3 Å². The third-order valence-electron chi connectivity index (χ3n) is 3.91. The van der Waals surface area contributed by atoms with E-state index in [4.69, 9.17) is 21.3 Å². The Morgan fingerprint density at radius 2 is 2.04 bits per heavy atom. The number of allylic oxidation sites excluding steroid dienone is 2. The summed E-state index contributed by atoms with van der Waals surface area (Å²) in [7, 11) is 1.65. The van der Waals surface area contributed by atoms with Crippen LogP contribution < -0.4 is 9.64 Å². The van der Waals surface area contributed by atoms with Crippen molar-refractivity contribution in [2.75, 3.05) is 12.0 Å². The molecule has 0 saturated heterocycles. The average Bonchev–Trinajstić information content (AvgIpc) is 3.00. The van der Waals surface area contributed by atoms with Gasteiger partial charge in [0.1, 0.15) is 5.75 Å². The topological polar surface area (TPSA) is 48.6 Å². The van der Waals surface area contributed by atoms with Crippen LogP contribution in [0.25, 0.3) is 5.70 Å². The summed E-state index contributed by atoms with van der Waals surface area (Å²) in [4.78, 5) is 7.82. The van der Waals surface area contributed by atoms with E-state index in [1.54, 1.807) is 18.9 Å². The van der Waals surface area contributed by atoms with Crippen LogP contribution in [0.3, 0.4) is 0 Å². The van der Waals surface area contributed by atoms with Gasteiger partial charge >= 0.3 is 0 Å². The summed E-state index contributed by atoms with van der Waals surface area (Å²) in [5.41, 5.74) is 3.54. The van der Waals surface area contributed by atoms with Gasteiger partial charge in [0.2, 0.25) is 0 Å². The van der Waals surface area contributed by atoms with Crippen LogP contribution in [-0.4, -0.2) is 12.3 Å². The van der Waals surface area contributed by atoms with Crippen LogP contribution >= 0.6 is 23.4 Å². The van der Waals surface area contributed by atoms with E-state index in [2.05, 4.69) is 6.07 Å². The van der Waals surface area contributed by atoms with Crippen molar-refractivity contribution >= 4 is 39.9 Å². The Balaban J connectivity index is 1.81. The Labute approximate surface area is 154 Å². The van der Waals surface area contributed by atoms with Crippen molar-refractivity contribution in [2.24, 2.45) is 4.99 Å². The van der Waals surface area contributed by atoms with Crippen molar-refractivity contribution in [2.45, 2.75) is 4.90 Å². The van der Waals surface area contributed by atoms with Crippen LogP contribution in [-0.2, 0) is 0 Å². The molecule has 0 aromatic heterocycles. The lowest BCUT2D eigenvalue weighted by Crippen LogP contribution is -2.25. The number of nitriles is 1. The molecule has 4 rings (SSSR count). The smallest absolute Gasteiger partial charge is 0.178 e. The van der Waals surface area contributed by atoms with Gasteiger partial charge in [-0.1, -0.05) is 23.7 Å². The van der Waals surface area contributed by atoms with E-state index in [9.17, 15) is 5.26 Å². The van der Waals surface area contributed by atoms with Crippen molar-refractivity contribution in [3.63, 3.8) is 0 Å². The molecule has 2 aliphatic heterocycles. The molecule has 0 saturated carbocycles. The number of methoxy groups -OCH3 is 1. The van der Waals surface area contributed by atoms with Crippen molar-refractivity contribution in [3.8, 4) is 11.8 Å². The van der Waals surface area contributed by atoms with E-state index >= 15 is 0 Å². The van der Waals surface area contributed by atoms with Gasteiger partial charge in [-0.25, -0.2) is 4.99 Å². The zero-order valence-corrected chi connectivity index (χ0v) is 14.8. The lowest BCUT2D eigenvalue weighted by Gasteiger charge is -2.24. The molecule has 0 atom stereocenters. The van der Waals surface area contributed by atoms with Gasteiger partial charge in [0.05, 0.1) is 30.3 Å². The van der Waals surface area contributed by atoms with Crippen LogP contribution in [0.1, 0.15) is 5.56 Å². The van der Waals surface area contributed by atoms with Gasteiger partial charge in [-0.3, -0.25) is 4.90 Å². The number of nitrogens with zero attached hydrogens (tertiary/aromatic N) is 3. The third-order valence-corrected chi connectivity index (χ3v) is 5.17. The van der Waals surface area contributed by atoms with Gasteiger partial charge in [0.15, 0.2) is 5.17 Å². The quantitative estimate of drug-likeness (QED) is 0.696. The van der Waals surface area contributed by atoms with Gasteiger partial charge in [0, 0.05) is 21.6 Å². The molecule has 2 aromatic rings. The average molecular weight is 366 g/mol. The molecule has 2 heterocycles. The predicted octanol–water partition coefficient (Wildman–Crippen LogP) is 5.08. The zero-order valence-electron chi connectivity index (χ0n) is 13.2. The summed E-state index contributed by atoms with van der Waals surface area (Å²) in [6, 6.07) is 15.5. The second-order valence-electron chi connectivity index (χ2n) is 5.40. The highest BCUT2D eigenvalue weighted by molar-refractivity contribution is 8.14. The molecule has 2 aromatic carbocycles. The number of amidine groups is 1. The minimum Gasteiger partial charge on any atom is -0.497 e. The van der Waals surface area contributed by atoms with E-state index in [-0.39, 0.29) is 0 Å². The van der Waals surface area contributed by atoms with E-state index < -0.39 is 0 Å². The number of halogens is 1. The molecule has 0 fully saturated rings. The number of aliphatic imine (C=N–C) groups is 1. The molecular formula is C19H12ClN3OS. The fourth-order valence-electron chi connectivity index (χ4n) is 2.74. The molecule has 0 bridgehead atoms. The number of hydrogen-bond donors (Lipinski definition) is 0. The molecule has 2 aliphatic rings. The summed E-state index contributed by atoms with van der Waals surface area (Å²) in [6.45, 7) is 0. The van der Waals surface area contributed by atoms with Crippen molar-refractivity contribution in [1.29, 1.82) is 5.26 Å². The van der Waals surface area contributed by atoms with Crippen molar-refractivity contribution < 1.29 is 4.74 Å². The van der Waals surface area contributed by atoms with Gasteiger partial charge in [0.25, 0.3) is 0 Å². The second kappa shape index (κ2) is 6.32. The maximum atomic E-state index is 9.20. The fraction of sp³-hybridized carbons (Fsp3) is 0.0526. The predicted molar refractivity (Wildman–Crippen MR) is 102 cm³/mol. The summed E-state index contributed by atoms with van der Waals surface area (Å²) >= 11 is 7.53. The monoisotopic (exact) mass is 365 g/mol. The van der Waals surface area contributed by atoms with Gasteiger partial charge in [-0.15, -0.1) is 0 Å². The number of ether oxygens (including phenoxy) is 1. The van der Waals surface area contributed by atoms with Crippen molar-refractivity contribution in [3.05, 3.63) is 70.9 Å². The maximum absolute atomic E-state index is 9.20. The molecule has 0 unspecified atom stereocenters. The first-order chi connectivity index (χ1) is 12.2. The Morgan fingerprint density at radius 3 is 2.76 bits per heavy atom. The number of benzene rings is 2. The summed E-state index contributed by atoms with van der Waals surface area (Å²) in [5, 5.41) is 10.7. The van der Waals surface area contributed by atoms with Gasteiger partial charge in [-0.2, -0.15) is 5.26 Å². The Morgan fingerprint density at radius 1 is 1.24 bits per heavy atom. The van der Waals surface area contributed by atoms with Gasteiger partial charge < -0.3 is 4.74 Å². The fourth-order valence-corrected chi connectivity index (χ4v) is 3.94. The number of anilines is 1. The minimum absolute atomic E-state index is 0.678. The Kier molecular flexibility index (Phi) is 4.00. The first-order valence-electron chi connectivity index (χ1n) is 7.52. The van der Waals surface area contributed by atoms with E-state index in [1.807, 2.05) is 53.4 Å². The zero-order chi connectivity index (χ0) is 17.4. The Hall–Kier alpha value is -2.68. The van der Waals surface area contributed by atoms with Crippen LogP contribution in [0.4, 0.5) is 5.69 Å². The third kappa shape index (κ3) is 2.80. The standard InChI is InChI=1S/C19H12ClN3OS/c1-24-15-6-7-17-18(11-15)25-19-22-16(10-14(8-9-21)23(17)19)12-2-4-13(20)5-3-12/h2-8,10-11H,1H3/b14-8+. The SMILES string of the molecule is COc1ccc2c(c1)SC1=NC(c3ccc(Cl)cc3)=C/C(=C\C#N)N12. The number of rotatable bonds is 2. The molecule has 0 aliphatic carbocycles. The largest absolute Gasteiger partial charge is 0.497 e. The second-order valence-corrected chi connectivity index (χ2v) is 6.85. The van der Waals surface area contributed by atoms with Crippen LogP contribution in [0.15, 0.2) is 70.2 Å². The molecule has 122 valence electrons. The van der Waals surface area contributed by atoms with Crippen LogP contribution in [0.5, 0.6) is 5.75 Å². The lowest BCUT2D eigenvalue weighted by molar-refractivity contribution is 0.414. The maximum Gasteiger partial charge on any atom is 0.178 e. The first kappa shape index (κ1) is 15.8. The Bertz CT molecular complexity index is 987. The summed E-state index contributed by atoms with van der Waals surface area (Å²) in [5.74, 6) is 0.795. The molecule has 25 heavy (non-hydrogen) atoms. The first-order valence-corrected chi connectivity index (χ1v) is 8.71. The van der Waals surface area contributed by atoms with Crippen molar-refractivity contribution in [1.82, 2.24) is 0 Å². The number of hydrogen-bond acceptors (Lipinski definition) is 5. The molecule has 0 amide bonds. The van der Waals surface area contributed by atoms with E-state index in [0.29, 0.717) is 5.02 Å². The lowest BCUT2D eigenvalue weighted by atomic mass is 10.1. The highest BCUT2D eigenvalue weighted by Crippen LogP contribution is 2.47.